The molecule has 1 N–H and O–H groups in total. The maximum absolute atomic E-state index is 12.0. The van der Waals surface area contributed by atoms with Crippen molar-refractivity contribution in [2.45, 2.75) is 6.92 Å². The zero-order valence-corrected chi connectivity index (χ0v) is 12.4. The van der Waals surface area contributed by atoms with Crippen molar-refractivity contribution in [3.63, 3.8) is 0 Å². The van der Waals surface area contributed by atoms with Gasteiger partial charge in [-0.15, -0.1) is 11.3 Å². The molecule has 8 heteroatoms. The van der Waals surface area contributed by atoms with E-state index in [1.165, 1.54) is 0 Å². The maximum Gasteiger partial charge on any atom is 0.367 e. The lowest BCUT2D eigenvalue weighted by molar-refractivity contribution is 0.0525. The van der Waals surface area contributed by atoms with E-state index in [2.05, 4.69) is 15.3 Å². The van der Waals surface area contributed by atoms with Gasteiger partial charge < -0.3 is 9.64 Å². The highest BCUT2D eigenvalue weighted by atomic mass is 32.1. The third kappa shape index (κ3) is 3.75. The molecule has 20 heavy (non-hydrogen) atoms. The molecule has 0 bridgehead atoms. The summed E-state index contributed by atoms with van der Waals surface area (Å²) >= 11 is 1.12. The molecular weight excluding hydrogens is 280 g/mol. The highest BCUT2D eigenvalue weighted by Crippen LogP contribution is 2.11. The van der Waals surface area contributed by atoms with E-state index in [0.29, 0.717) is 6.61 Å². The summed E-state index contributed by atoms with van der Waals surface area (Å²) < 4.78 is 4.84. The fourth-order valence-corrected chi connectivity index (χ4v) is 2.47. The predicted molar refractivity (Wildman–Crippen MR) is 74.6 cm³/mol. The number of ether oxygens (including phenoxy) is 1. The first kappa shape index (κ1) is 14.9. The lowest BCUT2D eigenvalue weighted by Crippen LogP contribution is -2.52. The molecule has 1 aliphatic heterocycles. The van der Waals surface area contributed by atoms with Crippen LogP contribution in [0.2, 0.25) is 0 Å². The van der Waals surface area contributed by atoms with Crippen LogP contribution < -0.4 is 5.43 Å². The summed E-state index contributed by atoms with van der Waals surface area (Å²) in [5, 5.41) is 3.64. The predicted octanol–water partition coefficient (Wildman–Crippen LogP) is 0.212. The molecule has 0 spiro atoms. The van der Waals surface area contributed by atoms with Gasteiger partial charge in [0.2, 0.25) is 5.01 Å². The van der Waals surface area contributed by atoms with Crippen LogP contribution in [0.5, 0.6) is 0 Å². The van der Waals surface area contributed by atoms with Crippen molar-refractivity contribution in [2.75, 3.05) is 39.8 Å². The molecule has 0 unspecified atom stereocenters. The summed E-state index contributed by atoms with van der Waals surface area (Å²) in [4.78, 5) is 29.7. The molecule has 1 aromatic heterocycles. The van der Waals surface area contributed by atoms with Crippen molar-refractivity contribution in [1.82, 2.24) is 20.3 Å². The summed E-state index contributed by atoms with van der Waals surface area (Å²) in [6.45, 7) is 5.39. The van der Waals surface area contributed by atoms with Crippen molar-refractivity contribution < 1.29 is 14.3 Å². The Morgan fingerprint density at radius 3 is 2.75 bits per heavy atom. The Morgan fingerprint density at radius 1 is 1.40 bits per heavy atom. The van der Waals surface area contributed by atoms with E-state index in [4.69, 9.17) is 4.74 Å². The van der Waals surface area contributed by atoms with Gasteiger partial charge in [0.1, 0.15) is 5.69 Å². The van der Waals surface area contributed by atoms with E-state index in [1.54, 1.807) is 12.3 Å². The molecule has 2 rings (SSSR count). The third-order valence-electron chi connectivity index (χ3n) is 2.95. The van der Waals surface area contributed by atoms with Crippen LogP contribution in [0.3, 0.4) is 0 Å². The SMILES string of the molecule is CCOC(=O)c1nc(C(=O)NN2CCN(C)CC2)cs1. The number of hydrogen-bond acceptors (Lipinski definition) is 7. The van der Waals surface area contributed by atoms with Crippen LogP contribution in [0.15, 0.2) is 5.38 Å². The third-order valence-corrected chi connectivity index (χ3v) is 3.77. The number of carbonyl (C=O) groups is 2. The Labute approximate surface area is 121 Å². The summed E-state index contributed by atoms with van der Waals surface area (Å²) in [7, 11) is 2.05. The molecule has 1 amide bonds. The normalized spacial score (nSPS) is 16.9. The second-order valence-corrected chi connectivity index (χ2v) is 5.35. The van der Waals surface area contributed by atoms with Crippen LogP contribution in [-0.4, -0.2) is 66.6 Å². The molecule has 0 saturated carbocycles. The highest BCUT2D eigenvalue weighted by Gasteiger charge is 2.20. The molecule has 1 saturated heterocycles. The smallest absolute Gasteiger partial charge is 0.367 e. The Hall–Kier alpha value is -1.51. The number of hydrogen-bond donors (Lipinski definition) is 1. The van der Waals surface area contributed by atoms with Crippen molar-refractivity contribution in [2.24, 2.45) is 0 Å². The van der Waals surface area contributed by atoms with Crippen LogP contribution in [0.25, 0.3) is 0 Å². The average Bonchev–Trinajstić information content (AvgIpc) is 2.91. The number of piperazine rings is 1. The molecule has 1 aromatic rings. The minimum Gasteiger partial charge on any atom is -0.461 e. The summed E-state index contributed by atoms with van der Waals surface area (Å²) in [5.74, 6) is -0.780. The number of nitrogens with one attached hydrogen (secondary N) is 1. The lowest BCUT2D eigenvalue weighted by Gasteiger charge is -2.32. The first-order valence-corrected chi connectivity index (χ1v) is 7.35. The minimum absolute atomic E-state index is 0.204. The number of hydrazine groups is 1. The van der Waals surface area contributed by atoms with Gasteiger partial charge in [-0.1, -0.05) is 0 Å². The van der Waals surface area contributed by atoms with E-state index in [1.807, 2.05) is 12.1 Å². The largest absolute Gasteiger partial charge is 0.461 e. The van der Waals surface area contributed by atoms with Gasteiger partial charge in [0.05, 0.1) is 6.61 Å². The number of likely N-dealkylation sites (N-methyl/N-ethyl adjacent to an activating group) is 1. The van der Waals surface area contributed by atoms with Gasteiger partial charge in [-0.3, -0.25) is 10.2 Å². The summed E-state index contributed by atoms with van der Waals surface area (Å²) in [6.07, 6.45) is 0. The van der Waals surface area contributed by atoms with Gasteiger partial charge in [-0.25, -0.2) is 14.8 Å². The fourth-order valence-electron chi connectivity index (χ4n) is 1.78. The van der Waals surface area contributed by atoms with Crippen LogP contribution in [-0.2, 0) is 4.74 Å². The van der Waals surface area contributed by atoms with Crippen molar-refractivity contribution in [1.29, 1.82) is 0 Å². The highest BCUT2D eigenvalue weighted by molar-refractivity contribution is 7.11. The summed E-state index contributed by atoms with van der Waals surface area (Å²) in [5.41, 5.74) is 3.05. The van der Waals surface area contributed by atoms with Gasteiger partial charge in [0, 0.05) is 31.6 Å². The summed E-state index contributed by atoms with van der Waals surface area (Å²) in [6, 6.07) is 0. The lowest BCUT2D eigenvalue weighted by atomic mass is 10.4. The minimum atomic E-state index is -0.490. The number of aromatic nitrogens is 1. The zero-order chi connectivity index (χ0) is 14.5. The first-order valence-electron chi connectivity index (χ1n) is 6.47. The molecular formula is C12H18N4O3S. The van der Waals surface area contributed by atoms with Crippen LogP contribution in [0.1, 0.15) is 27.2 Å². The van der Waals surface area contributed by atoms with Crippen LogP contribution in [0.4, 0.5) is 0 Å². The van der Waals surface area contributed by atoms with E-state index >= 15 is 0 Å². The molecule has 7 nitrogen and oxygen atoms in total. The molecule has 2 heterocycles. The van der Waals surface area contributed by atoms with E-state index in [0.717, 1.165) is 37.5 Å². The van der Waals surface area contributed by atoms with E-state index in [9.17, 15) is 9.59 Å². The van der Waals surface area contributed by atoms with Gasteiger partial charge >= 0.3 is 5.97 Å². The molecule has 0 atom stereocenters. The molecule has 0 radical (unpaired) electrons. The van der Waals surface area contributed by atoms with Crippen molar-refractivity contribution >= 4 is 23.2 Å². The standard InChI is InChI=1S/C12H18N4O3S/c1-3-19-12(18)11-13-9(8-20-11)10(17)14-16-6-4-15(2)5-7-16/h8H,3-7H2,1-2H3,(H,14,17). The first-order chi connectivity index (χ1) is 9.60. The fraction of sp³-hybridized carbons (Fsp3) is 0.583. The topological polar surface area (TPSA) is 74.8 Å². The molecule has 1 fully saturated rings. The molecule has 0 aliphatic carbocycles. The Kier molecular flexibility index (Phi) is 5.05. The number of amides is 1. The molecule has 1 aliphatic rings. The maximum atomic E-state index is 12.0. The number of esters is 1. The number of thiazole rings is 1. The van der Waals surface area contributed by atoms with E-state index in [-0.39, 0.29) is 16.6 Å². The number of rotatable bonds is 4. The van der Waals surface area contributed by atoms with Crippen molar-refractivity contribution in [3.8, 4) is 0 Å². The van der Waals surface area contributed by atoms with Gasteiger partial charge in [-0.05, 0) is 14.0 Å². The van der Waals surface area contributed by atoms with Gasteiger partial charge in [0.15, 0.2) is 0 Å². The quantitative estimate of drug-likeness (QED) is 0.801. The second-order valence-electron chi connectivity index (χ2n) is 4.49. The number of nitrogens with zero attached hydrogens (tertiary/aromatic N) is 3. The Bertz CT molecular complexity index is 483. The molecule has 110 valence electrons. The molecule has 0 aromatic carbocycles. The number of carbonyl (C=O) groups excluding carboxylic acids is 2. The Balaban J connectivity index is 1.91. The second kappa shape index (κ2) is 6.78. The van der Waals surface area contributed by atoms with E-state index < -0.39 is 5.97 Å². The monoisotopic (exact) mass is 298 g/mol. The van der Waals surface area contributed by atoms with Crippen molar-refractivity contribution in [3.05, 3.63) is 16.1 Å². The average molecular weight is 298 g/mol. The Morgan fingerprint density at radius 2 is 2.10 bits per heavy atom. The van der Waals surface area contributed by atoms with Crippen LogP contribution >= 0.6 is 11.3 Å². The van der Waals surface area contributed by atoms with Gasteiger partial charge in [-0.2, -0.15) is 0 Å². The zero-order valence-electron chi connectivity index (χ0n) is 11.6. The van der Waals surface area contributed by atoms with Gasteiger partial charge in [0.25, 0.3) is 5.91 Å². The van der Waals surface area contributed by atoms with Crippen LogP contribution in [0, 0.1) is 0 Å².